The maximum Gasteiger partial charge on any atom is 0.283 e. The van der Waals surface area contributed by atoms with Gasteiger partial charge < -0.3 is 20.4 Å². The van der Waals surface area contributed by atoms with E-state index in [-0.39, 0.29) is 70.9 Å². The first-order valence-corrected chi connectivity index (χ1v) is 14.4. The summed E-state index contributed by atoms with van der Waals surface area (Å²) in [6.07, 6.45) is 2.87. The summed E-state index contributed by atoms with van der Waals surface area (Å²) in [6.45, 7) is 9.90. The molecule has 4 aromatic rings. The Labute approximate surface area is 257 Å². The molecule has 6 heterocycles. The SMILES string of the molecule is C=CC(=O)N1CCN2c3c(c(=O)n(-c4c(C)ccnc4C(C)C)c4nc(-c5nc(N)ccc5Cl)c(F)cc34)N(C)C(=O)[C@H]2C1. The number of nitrogen functional groups attached to an aromatic ring is 1. The fraction of sp³-hybridized carbons (Fsp3) is 0.290. The van der Waals surface area contributed by atoms with Crippen molar-refractivity contribution in [3.05, 3.63) is 75.6 Å². The van der Waals surface area contributed by atoms with E-state index in [1.807, 2.05) is 20.8 Å². The summed E-state index contributed by atoms with van der Waals surface area (Å²) in [7, 11) is 1.51. The molecule has 1 fully saturated rings. The van der Waals surface area contributed by atoms with Gasteiger partial charge in [-0.1, -0.05) is 32.0 Å². The average molecular weight is 617 g/mol. The molecule has 0 aromatic carbocycles. The lowest BCUT2D eigenvalue weighted by atomic mass is 10.00. The smallest absolute Gasteiger partial charge is 0.283 e. The van der Waals surface area contributed by atoms with E-state index >= 15 is 4.39 Å². The van der Waals surface area contributed by atoms with Crippen molar-refractivity contribution in [1.29, 1.82) is 0 Å². The molecule has 13 heteroatoms. The Hall–Kier alpha value is -4.84. The van der Waals surface area contributed by atoms with Gasteiger partial charge in [0, 0.05) is 31.7 Å². The van der Waals surface area contributed by atoms with Gasteiger partial charge in [-0.3, -0.25) is 23.9 Å². The molecule has 1 saturated heterocycles. The molecule has 2 aliphatic heterocycles. The lowest BCUT2D eigenvalue weighted by molar-refractivity contribution is -0.128. The number of fused-ring (bicyclic) bond motifs is 5. The summed E-state index contributed by atoms with van der Waals surface area (Å²) < 4.78 is 17.6. The molecule has 0 unspecified atom stereocenters. The number of aryl methyl sites for hydroxylation is 1. The highest BCUT2D eigenvalue weighted by molar-refractivity contribution is 6.33. The number of pyridine rings is 4. The average Bonchev–Trinajstić information content (AvgIpc) is 3.00. The fourth-order valence-corrected chi connectivity index (χ4v) is 6.25. The number of amides is 2. The van der Waals surface area contributed by atoms with Crippen LogP contribution in [0.2, 0.25) is 5.02 Å². The molecule has 0 radical (unpaired) electrons. The monoisotopic (exact) mass is 616 g/mol. The first-order valence-electron chi connectivity index (χ1n) is 14.1. The van der Waals surface area contributed by atoms with Gasteiger partial charge in [0.1, 0.15) is 28.9 Å². The van der Waals surface area contributed by atoms with Crippen molar-refractivity contribution in [2.24, 2.45) is 0 Å². The Balaban J connectivity index is 1.74. The molecule has 2 aliphatic rings. The molecule has 2 N–H and O–H groups in total. The van der Waals surface area contributed by atoms with Crippen LogP contribution >= 0.6 is 11.6 Å². The highest BCUT2D eigenvalue weighted by atomic mass is 35.5. The van der Waals surface area contributed by atoms with Crippen LogP contribution in [0.5, 0.6) is 0 Å². The maximum atomic E-state index is 16.2. The van der Waals surface area contributed by atoms with Crippen LogP contribution in [0.25, 0.3) is 28.1 Å². The van der Waals surface area contributed by atoms with Gasteiger partial charge in [0.2, 0.25) is 5.91 Å². The van der Waals surface area contributed by atoms with Crippen molar-refractivity contribution in [3.8, 4) is 17.1 Å². The number of carbonyl (C=O) groups excluding carboxylic acids is 2. The minimum absolute atomic E-state index is 0.0245. The zero-order chi connectivity index (χ0) is 31.6. The molecule has 226 valence electrons. The molecule has 6 rings (SSSR count). The number of hydrogen-bond donors (Lipinski definition) is 1. The van der Waals surface area contributed by atoms with Crippen molar-refractivity contribution >= 4 is 51.6 Å². The lowest BCUT2D eigenvalue weighted by Gasteiger charge is -2.47. The quantitative estimate of drug-likeness (QED) is 0.343. The molecular weight excluding hydrogens is 587 g/mol. The van der Waals surface area contributed by atoms with E-state index < -0.39 is 17.4 Å². The Morgan fingerprint density at radius 1 is 1.14 bits per heavy atom. The van der Waals surface area contributed by atoms with E-state index in [2.05, 4.69) is 16.5 Å². The maximum absolute atomic E-state index is 16.2. The van der Waals surface area contributed by atoms with Crippen LogP contribution in [-0.2, 0) is 9.59 Å². The third-order valence-corrected chi connectivity index (χ3v) is 8.48. The number of hydrogen-bond acceptors (Lipinski definition) is 8. The number of rotatable bonds is 4. The second kappa shape index (κ2) is 10.7. The Bertz CT molecular complexity index is 1960. The molecule has 44 heavy (non-hydrogen) atoms. The molecular formula is C31H30ClFN8O3. The van der Waals surface area contributed by atoms with E-state index in [9.17, 15) is 14.4 Å². The van der Waals surface area contributed by atoms with E-state index in [4.69, 9.17) is 22.3 Å². The summed E-state index contributed by atoms with van der Waals surface area (Å²) in [5, 5.41) is 0.428. The van der Waals surface area contributed by atoms with Crippen LogP contribution in [0.4, 0.5) is 21.6 Å². The number of anilines is 3. The van der Waals surface area contributed by atoms with Crippen LogP contribution in [-0.4, -0.2) is 69.0 Å². The third kappa shape index (κ3) is 4.39. The minimum atomic E-state index is -0.803. The normalized spacial score (nSPS) is 16.4. The van der Waals surface area contributed by atoms with Gasteiger partial charge in [-0.15, -0.1) is 0 Å². The number of halogens is 2. The van der Waals surface area contributed by atoms with E-state index in [0.29, 0.717) is 22.5 Å². The highest BCUT2D eigenvalue weighted by Gasteiger charge is 2.44. The van der Waals surface area contributed by atoms with Gasteiger partial charge in [0.15, 0.2) is 11.5 Å². The van der Waals surface area contributed by atoms with Crippen molar-refractivity contribution in [2.75, 3.05) is 42.2 Å². The number of carbonyl (C=O) groups is 2. The predicted octanol–water partition coefficient (Wildman–Crippen LogP) is 3.83. The fourth-order valence-electron chi connectivity index (χ4n) is 6.05. The topological polar surface area (TPSA) is 131 Å². The minimum Gasteiger partial charge on any atom is -0.384 e. The largest absolute Gasteiger partial charge is 0.384 e. The molecule has 11 nitrogen and oxygen atoms in total. The highest BCUT2D eigenvalue weighted by Crippen LogP contribution is 2.42. The van der Waals surface area contributed by atoms with Gasteiger partial charge in [-0.25, -0.2) is 14.4 Å². The third-order valence-electron chi connectivity index (χ3n) is 8.17. The molecule has 0 saturated carbocycles. The van der Waals surface area contributed by atoms with Crippen LogP contribution < -0.4 is 21.1 Å². The van der Waals surface area contributed by atoms with Gasteiger partial charge in [-0.2, -0.15) is 0 Å². The Kier molecular flexibility index (Phi) is 7.11. The summed E-state index contributed by atoms with van der Waals surface area (Å²) in [6, 6.07) is 5.26. The molecule has 1 atom stereocenters. The zero-order valence-electron chi connectivity index (χ0n) is 24.6. The molecule has 2 amide bonds. The summed E-state index contributed by atoms with van der Waals surface area (Å²) in [5.74, 6) is -1.38. The second-order valence-corrected chi connectivity index (χ2v) is 11.6. The Morgan fingerprint density at radius 2 is 1.89 bits per heavy atom. The summed E-state index contributed by atoms with van der Waals surface area (Å²) in [4.78, 5) is 59.1. The first-order chi connectivity index (χ1) is 20.9. The van der Waals surface area contributed by atoms with Crippen LogP contribution in [0.15, 0.2) is 47.9 Å². The summed E-state index contributed by atoms with van der Waals surface area (Å²) >= 11 is 6.43. The molecule has 4 aromatic heterocycles. The van der Waals surface area contributed by atoms with Crippen molar-refractivity contribution < 1.29 is 14.0 Å². The molecule has 0 spiro atoms. The first kappa shape index (κ1) is 29.2. The predicted molar refractivity (Wildman–Crippen MR) is 168 cm³/mol. The number of piperazine rings is 1. The number of nitrogens with two attached hydrogens (primary N) is 1. The van der Waals surface area contributed by atoms with E-state index in [0.717, 1.165) is 5.56 Å². The summed E-state index contributed by atoms with van der Waals surface area (Å²) in [5.41, 5.74) is 7.65. The van der Waals surface area contributed by atoms with Crippen molar-refractivity contribution in [1.82, 2.24) is 24.4 Å². The number of likely N-dealkylation sites (N-methyl/N-ethyl adjacent to an activating group) is 1. The van der Waals surface area contributed by atoms with Crippen LogP contribution in [0, 0.1) is 12.7 Å². The van der Waals surface area contributed by atoms with E-state index in [1.165, 1.54) is 45.7 Å². The Morgan fingerprint density at radius 3 is 2.59 bits per heavy atom. The second-order valence-electron chi connectivity index (χ2n) is 11.2. The van der Waals surface area contributed by atoms with Crippen molar-refractivity contribution in [3.63, 3.8) is 0 Å². The van der Waals surface area contributed by atoms with Gasteiger partial charge in [-0.05, 0) is 48.7 Å². The standard InChI is InChI=1S/C31H30ClFN8O3/c1-6-22(42)39-11-12-40-20(14-39)30(43)38(5)28-27(40)17-13-19(33)25(24-18(32)7-8-21(34)36-24)37-29(17)41(31(28)44)26-16(4)9-10-35-23(26)15(2)3/h6-10,13,15,20H,1,11-12,14H2,2-5H3,(H2,34,36)/t20-/m1/s1. The zero-order valence-corrected chi connectivity index (χ0v) is 25.4. The van der Waals surface area contributed by atoms with Crippen LogP contribution in [0.1, 0.15) is 31.0 Å². The number of aromatic nitrogens is 4. The van der Waals surface area contributed by atoms with Crippen LogP contribution in [0.3, 0.4) is 0 Å². The van der Waals surface area contributed by atoms with Gasteiger partial charge >= 0.3 is 0 Å². The number of nitrogens with zero attached hydrogens (tertiary/aromatic N) is 7. The van der Waals surface area contributed by atoms with Gasteiger partial charge in [0.25, 0.3) is 11.5 Å². The lowest BCUT2D eigenvalue weighted by Crippen LogP contribution is -2.63. The van der Waals surface area contributed by atoms with E-state index in [1.54, 1.807) is 17.2 Å². The van der Waals surface area contributed by atoms with Gasteiger partial charge in [0.05, 0.1) is 28.6 Å². The molecule has 0 bridgehead atoms. The van der Waals surface area contributed by atoms with Crippen molar-refractivity contribution in [2.45, 2.75) is 32.7 Å². The molecule has 0 aliphatic carbocycles.